The molecule has 3 amide bonds. The summed E-state index contributed by atoms with van der Waals surface area (Å²) in [6, 6.07) is 12.2. The maximum atomic E-state index is 15.1. The molecular weight excluding hydrogens is 598 g/mol. The molecule has 1 saturated carbocycles. The largest absolute Gasteiger partial charge is 0.496 e. The molecule has 254 valence electrons. The lowest BCUT2D eigenvalue weighted by atomic mass is 9.81. The Kier molecular flexibility index (Phi) is 9.64. The van der Waals surface area contributed by atoms with Gasteiger partial charge in [-0.15, -0.1) is 0 Å². The van der Waals surface area contributed by atoms with Crippen molar-refractivity contribution in [1.82, 2.24) is 14.7 Å². The third-order valence-electron chi connectivity index (χ3n) is 8.83. The molecule has 2 heterocycles. The number of carbonyl (C=O) groups is 3. The maximum absolute atomic E-state index is 15.1. The number of methoxy groups -OCH3 is 1. The molecule has 5 rings (SSSR count). The molecule has 47 heavy (non-hydrogen) atoms. The predicted molar refractivity (Wildman–Crippen MR) is 179 cm³/mol. The van der Waals surface area contributed by atoms with Gasteiger partial charge in [0.25, 0.3) is 5.91 Å². The van der Waals surface area contributed by atoms with Crippen molar-refractivity contribution in [3.8, 4) is 5.75 Å². The highest BCUT2D eigenvalue weighted by Crippen LogP contribution is 2.42. The Morgan fingerprint density at radius 2 is 1.55 bits per heavy atom. The molecule has 2 aliphatic heterocycles. The van der Waals surface area contributed by atoms with E-state index in [-0.39, 0.29) is 31.6 Å². The van der Waals surface area contributed by atoms with Crippen LogP contribution in [0.5, 0.6) is 5.75 Å². The zero-order valence-corrected chi connectivity index (χ0v) is 29.0. The number of aliphatic hydroxyl groups excluding tert-OH is 1. The van der Waals surface area contributed by atoms with Crippen molar-refractivity contribution >= 4 is 23.7 Å². The SMILES string of the molecule is COc1cccc(CN(C(=O)C2=C(c3ccc(CO)cc3)CC3CN(C(=O)OC(C)(C)C)CC2N3C(=O)OC(C)(C)C)C2CC2)c1C. The molecule has 0 spiro atoms. The molecular formula is C37H49N3O7. The number of benzene rings is 2. The van der Waals surface area contributed by atoms with Gasteiger partial charge in [-0.25, -0.2) is 9.59 Å². The molecule has 1 saturated heterocycles. The van der Waals surface area contributed by atoms with Crippen molar-refractivity contribution in [3.05, 3.63) is 70.3 Å². The smallest absolute Gasteiger partial charge is 0.411 e. The highest BCUT2D eigenvalue weighted by Gasteiger charge is 2.50. The fourth-order valence-electron chi connectivity index (χ4n) is 6.47. The van der Waals surface area contributed by atoms with Crippen LogP contribution in [0.2, 0.25) is 0 Å². The van der Waals surface area contributed by atoms with Crippen molar-refractivity contribution in [2.45, 2.75) is 110 Å². The molecule has 2 fully saturated rings. The van der Waals surface area contributed by atoms with Gasteiger partial charge in [-0.2, -0.15) is 0 Å². The molecule has 2 aromatic carbocycles. The summed E-state index contributed by atoms with van der Waals surface area (Å²) in [5.41, 5.74) is 3.41. The van der Waals surface area contributed by atoms with E-state index >= 15 is 4.79 Å². The standard InChI is InChI=1S/C37H49N3O7/c1-23-26(10-9-11-31(23)45-8)19-39(27-16-17-27)33(42)32-29(25-14-12-24(22-41)13-15-25)18-28-20-38(34(43)46-36(2,3)4)21-30(32)40(28)35(44)47-37(5,6)7/h9-15,27-28,30,41H,16-22H2,1-8H3. The minimum absolute atomic E-state index is 0.0527. The van der Waals surface area contributed by atoms with Crippen molar-refractivity contribution in [2.24, 2.45) is 0 Å². The molecule has 10 heteroatoms. The zero-order chi connectivity index (χ0) is 34.3. The number of hydrogen-bond acceptors (Lipinski definition) is 7. The first kappa shape index (κ1) is 34.3. The number of fused-ring (bicyclic) bond motifs is 2. The fraction of sp³-hybridized carbons (Fsp3) is 0.541. The van der Waals surface area contributed by atoms with E-state index in [4.69, 9.17) is 14.2 Å². The first-order valence-corrected chi connectivity index (χ1v) is 16.5. The minimum Gasteiger partial charge on any atom is -0.496 e. The predicted octanol–water partition coefficient (Wildman–Crippen LogP) is 6.07. The van der Waals surface area contributed by atoms with Crippen LogP contribution in [0.1, 0.15) is 83.1 Å². The maximum Gasteiger partial charge on any atom is 0.411 e. The van der Waals surface area contributed by atoms with Crippen LogP contribution in [0.15, 0.2) is 48.0 Å². The Labute approximate surface area is 278 Å². The number of hydrogen-bond donors (Lipinski definition) is 1. The van der Waals surface area contributed by atoms with E-state index in [9.17, 15) is 14.7 Å². The van der Waals surface area contributed by atoms with Crippen LogP contribution in [0.3, 0.4) is 0 Å². The number of aliphatic hydroxyl groups is 1. The van der Waals surface area contributed by atoms with Crippen LogP contribution in [-0.2, 0) is 27.4 Å². The lowest BCUT2D eigenvalue weighted by Gasteiger charge is -2.51. The molecule has 0 aromatic heterocycles. The van der Waals surface area contributed by atoms with E-state index in [0.717, 1.165) is 46.4 Å². The number of nitrogens with zero attached hydrogens (tertiary/aromatic N) is 3. The van der Waals surface area contributed by atoms with E-state index in [1.165, 1.54) is 0 Å². The average Bonchev–Trinajstić information content (AvgIpc) is 3.83. The third-order valence-corrected chi connectivity index (χ3v) is 8.83. The topological polar surface area (TPSA) is 109 Å². The molecule has 1 aliphatic carbocycles. The summed E-state index contributed by atoms with van der Waals surface area (Å²) >= 11 is 0. The molecule has 2 atom stereocenters. The van der Waals surface area contributed by atoms with E-state index in [0.29, 0.717) is 18.5 Å². The molecule has 3 aliphatic rings. The van der Waals surface area contributed by atoms with Crippen LogP contribution < -0.4 is 4.74 Å². The Balaban J connectivity index is 1.64. The van der Waals surface area contributed by atoms with Crippen LogP contribution in [0, 0.1) is 6.92 Å². The van der Waals surface area contributed by atoms with E-state index < -0.39 is 35.5 Å². The van der Waals surface area contributed by atoms with E-state index in [1.54, 1.807) is 16.9 Å². The zero-order valence-electron chi connectivity index (χ0n) is 29.0. The second kappa shape index (κ2) is 13.2. The number of piperazine rings is 1. The van der Waals surface area contributed by atoms with Crippen LogP contribution in [0.25, 0.3) is 5.57 Å². The van der Waals surface area contributed by atoms with Gasteiger partial charge in [0.05, 0.1) is 25.8 Å². The van der Waals surface area contributed by atoms with Crippen molar-refractivity contribution in [2.75, 3.05) is 20.2 Å². The number of rotatable bonds is 7. The molecule has 0 radical (unpaired) electrons. The normalized spacial score (nSPS) is 19.8. The minimum atomic E-state index is -0.766. The molecule has 10 nitrogen and oxygen atoms in total. The Morgan fingerprint density at radius 1 is 0.915 bits per heavy atom. The molecule has 2 bridgehead atoms. The molecule has 2 aromatic rings. The first-order chi connectivity index (χ1) is 22.1. The second-order valence-corrected chi connectivity index (χ2v) is 14.8. The van der Waals surface area contributed by atoms with Gasteiger partial charge in [0.2, 0.25) is 0 Å². The number of ether oxygens (including phenoxy) is 3. The first-order valence-electron chi connectivity index (χ1n) is 16.5. The Morgan fingerprint density at radius 3 is 2.13 bits per heavy atom. The van der Waals surface area contributed by atoms with Crippen molar-refractivity contribution in [3.63, 3.8) is 0 Å². The van der Waals surface area contributed by atoms with Crippen LogP contribution in [0.4, 0.5) is 9.59 Å². The molecule has 2 unspecified atom stereocenters. The van der Waals surface area contributed by atoms with Gasteiger partial charge in [-0.3, -0.25) is 9.69 Å². The summed E-state index contributed by atoms with van der Waals surface area (Å²) in [5.74, 6) is 0.588. The van der Waals surface area contributed by atoms with Crippen LogP contribution in [-0.4, -0.2) is 87.4 Å². The molecule has 1 N–H and O–H groups in total. The highest BCUT2D eigenvalue weighted by atomic mass is 16.6. The monoisotopic (exact) mass is 647 g/mol. The van der Waals surface area contributed by atoms with E-state index in [1.807, 2.05) is 95.8 Å². The highest BCUT2D eigenvalue weighted by molar-refractivity contribution is 6.04. The van der Waals surface area contributed by atoms with Gasteiger partial charge >= 0.3 is 12.2 Å². The van der Waals surface area contributed by atoms with Gasteiger partial charge in [-0.05, 0) is 102 Å². The number of carbonyl (C=O) groups excluding carboxylic acids is 3. The number of amides is 3. The van der Waals surface area contributed by atoms with Crippen molar-refractivity contribution < 1.29 is 33.7 Å². The van der Waals surface area contributed by atoms with Gasteiger partial charge in [0.15, 0.2) is 0 Å². The third kappa shape index (κ3) is 7.75. The summed E-state index contributed by atoms with van der Waals surface area (Å²) in [4.78, 5) is 47.7. The summed E-state index contributed by atoms with van der Waals surface area (Å²) in [5, 5.41) is 9.71. The van der Waals surface area contributed by atoms with Crippen LogP contribution >= 0.6 is 0 Å². The summed E-state index contributed by atoms with van der Waals surface area (Å²) < 4.78 is 17.3. The lowest BCUT2D eigenvalue weighted by Crippen LogP contribution is -2.66. The van der Waals surface area contributed by atoms with Gasteiger partial charge in [-0.1, -0.05) is 36.4 Å². The van der Waals surface area contributed by atoms with Crippen molar-refractivity contribution in [1.29, 1.82) is 0 Å². The second-order valence-electron chi connectivity index (χ2n) is 14.8. The fourth-order valence-corrected chi connectivity index (χ4v) is 6.47. The average molecular weight is 648 g/mol. The summed E-state index contributed by atoms with van der Waals surface area (Å²) in [7, 11) is 1.64. The van der Waals surface area contributed by atoms with Gasteiger partial charge in [0, 0.05) is 31.2 Å². The van der Waals surface area contributed by atoms with E-state index in [2.05, 4.69) is 0 Å². The summed E-state index contributed by atoms with van der Waals surface area (Å²) in [6.45, 7) is 13.5. The quantitative estimate of drug-likeness (QED) is 0.389. The lowest BCUT2D eigenvalue weighted by molar-refractivity contribution is -0.129. The van der Waals surface area contributed by atoms with Gasteiger partial charge in [0.1, 0.15) is 17.0 Å². The Bertz CT molecular complexity index is 1530. The Hall–Kier alpha value is -4.05. The summed E-state index contributed by atoms with van der Waals surface area (Å²) in [6.07, 6.45) is 1.11. The van der Waals surface area contributed by atoms with Gasteiger partial charge < -0.3 is 29.1 Å².